The minimum Gasteiger partial charge on any atom is -0.481 e. The molecule has 0 radical (unpaired) electrons. The van der Waals surface area contributed by atoms with Gasteiger partial charge in [0.05, 0.1) is 5.41 Å². The lowest BCUT2D eigenvalue weighted by molar-refractivity contribution is -0.154. The molecule has 3 N–H and O–H groups in total. The molecule has 0 heterocycles. The summed E-state index contributed by atoms with van der Waals surface area (Å²) in [7, 11) is 1.86. The second-order valence-corrected chi connectivity index (χ2v) is 5.13. The summed E-state index contributed by atoms with van der Waals surface area (Å²) in [5.41, 5.74) is -0.814. The number of rotatable bonds is 7. The molecule has 18 heavy (non-hydrogen) atoms. The second-order valence-electron chi connectivity index (χ2n) is 5.13. The highest BCUT2D eigenvalue weighted by Crippen LogP contribution is 2.39. The normalized spacial score (nSPS) is 18.3. The minimum atomic E-state index is -0.814. The predicted molar refractivity (Wildman–Crippen MR) is 69.3 cm³/mol. The summed E-state index contributed by atoms with van der Waals surface area (Å²) in [5, 5.41) is 15.2. The predicted octanol–water partition coefficient (Wildman–Crippen LogP) is 1.14. The van der Waals surface area contributed by atoms with E-state index in [1.807, 2.05) is 7.05 Å². The smallest absolute Gasteiger partial charge is 0.310 e. The van der Waals surface area contributed by atoms with Gasteiger partial charge in [0.25, 0.3) is 0 Å². The van der Waals surface area contributed by atoms with Crippen molar-refractivity contribution in [1.29, 1.82) is 0 Å². The van der Waals surface area contributed by atoms with Crippen LogP contribution < -0.4 is 10.6 Å². The molecule has 1 aliphatic carbocycles. The zero-order chi connectivity index (χ0) is 13.4. The maximum Gasteiger partial charge on any atom is 0.310 e. The lowest BCUT2D eigenvalue weighted by Crippen LogP contribution is -2.39. The Bertz CT molecular complexity index is 286. The van der Waals surface area contributed by atoms with Gasteiger partial charge in [-0.25, -0.2) is 0 Å². The number of carbonyl (C=O) groups excluding carboxylic acids is 1. The van der Waals surface area contributed by atoms with Crippen LogP contribution in [-0.2, 0) is 9.59 Å². The molecule has 0 atom stereocenters. The molecule has 0 aromatic rings. The van der Waals surface area contributed by atoms with Crippen molar-refractivity contribution in [2.24, 2.45) is 5.41 Å². The Balaban J connectivity index is 2.41. The third-order valence-corrected chi connectivity index (χ3v) is 3.69. The molecular weight excluding hydrogens is 232 g/mol. The summed E-state index contributed by atoms with van der Waals surface area (Å²) in [6.07, 6.45) is 5.17. The van der Waals surface area contributed by atoms with E-state index in [1.54, 1.807) is 0 Å². The number of carbonyl (C=O) groups is 2. The Morgan fingerprint density at radius 3 is 2.39 bits per heavy atom. The molecule has 0 bridgehead atoms. The lowest BCUT2D eigenvalue weighted by Gasteiger charge is -2.32. The molecule has 0 spiro atoms. The van der Waals surface area contributed by atoms with Gasteiger partial charge in [-0.1, -0.05) is 19.3 Å². The van der Waals surface area contributed by atoms with Crippen LogP contribution in [0.5, 0.6) is 0 Å². The number of nitrogens with one attached hydrogen (secondary N) is 2. The summed E-state index contributed by atoms with van der Waals surface area (Å²) in [4.78, 5) is 23.2. The highest BCUT2D eigenvalue weighted by Gasteiger charge is 2.41. The van der Waals surface area contributed by atoms with Gasteiger partial charge in [0.2, 0.25) is 5.91 Å². The fourth-order valence-corrected chi connectivity index (χ4v) is 2.56. The molecule has 0 aromatic carbocycles. The topological polar surface area (TPSA) is 78.4 Å². The van der Waals surface area contributed by atoms with E-state index in [1.165, 1.54) is 0 Å². The zero-order valence-corrected chi connectivity index (χ0v) is 11.1. The minimum absolute atomic E-state index is 0.127. The third-order valence-electron chi connectivity index (χ3n) is 3.69. The first kappa shape index (κ1) is 15.0. The van der Waals surface area contributed by atoms with E-state index < -0.39 is 11.4 Å². The summed E-state index contributed by atoms with van der Waals surface area (Å²) in [5.74, 6) is -0.942. The van der Waals surface area contributed by atoms with Gasteiger partial charge in [0.1, 0.15) is 0 Å². The molecule has 0 saturated heterocycles. The van der Waals surface area contributed by atoms with Gasteiger partial charge >= 0.3 is 5.97 Å². The molecule has 0 aliphatic heterocycles. The maximum atomic E-state index is 11.8. The molecular formula is C13H24N2O3. The molecule has 1 rings (SSSR count). The van der Waals surface area contributed by atoms with E-state index in [0.717, 1.165) is 32.2 Å². The van der Waals surface area contributed by atoms with Gasteiger partial charge in [0, 0.05) is 13.0 Å². The van der Waals surface area contributed by atoms with Gasteiger partial charge in [-0.3, -0.25) is 9.59 Å². The van der Waals surface area contributed by atoms with Crippen molar-refractivity contribution in [3.05, 3.63) is 0 Å². The van der Waals surface area contributed by atoms with Gasteiger partial charge in [-0.15, -0.1) is 0 Å². The van der Waals surface area contributed by atoms with Crippen molar-refractivity contribution in [2.45, 2.75) is 44.9 Å². The first-order chi connectivity index (χ1) is 8.60. The van der Waals surface area contributed by atoms with Crippen molar-refractivity contribution < 1.29 is 14.7 Å². The highest BCUT2D eigenvalue weighted by atomic mass is 16.4. The maximum absolute atomic E-state index is 11.8. The van der Waals surface area contributed by atoms with Gasteiger partial charge in [-0.2, -0.15) is 0 Å². The molecule has 1 aliphatic rings. The van der Waals surface area contributed by atoms with Crippen molar-refractivity contribution in [3.8, 4) is 0 Å². The molecule has 1 amide bonds. The average molecular weight is 256 g/mol. The van der Waals surface area contributed by atoms with Crippen LogP contribution in [0.15, 0.2) is 0 Å². The zero-order valence-electron chi connectivity index (χ0n) is 11.1. The van der Waals surface area contributed by atoms with E-state index in [4.69, 9.17) is 0 Å². The molecule has 0 aromatic heterocycles. The van der Waals surface area contributed by atoms with E-state index in [0.29, 0.717) is 19.4 Å². The largest absolute Gasteiger partial charge is 0.481 e. The van der Waals surface area contributed by atoms with Crippen LogP contribution >= 0.6 is 0 Å². The van der Waals surface area contributed by atoms with Crippen molar-refractivity contribution in [3.63, 3.8) is 0 Å². The number of carboxylic acids is 1. The van der Waals surface area contributed by atoms with Crippen molar-refractivity contribution in [1.82, 2.24) is 10.6 Å². The summed E-state index contributed by atoms with van der Waals surface area (Å²) < 4.78 is 0. The standard InChI is InChI=1S/C13H24N2O3/c1-14-8-5-9-15-11(16)10-13(12(17)18)6-3-2-4-7-13/h14H,2-10H2,1H3,(H,15,16)(H,17,18). The third kappa shape index (κ3) is 4.29. The number of hydrogen-bond donors (Lipinski definition) is 3. The molecule has 0 unspecified atom stereocenters. The van der Waals surface area contributed by atoms with Crippen molar-refractivity contribution >= 4 is 11.9 Å². The van der Waals surface area contributed by atoms with Gasteiger partial charge in [0.15, 0.2) is 0 Å². The van der Waals surface area contributed by atoms with E-state index in [2.05, 4.69) is 10.6 Å². The van der Waals surface area contributed by atoms with E-state index in [-0.39, 0.29) is 12.3 Å². The first-order valence-corrected chi connectivity index (χ1v) is 6.75. The monoisotopic (exact) mass is 256 g/mol. The summed E-state index contributed by atoms with van der Waals surface area (Å²) >= 11 is 0. The van der Waals surface area contributed by atoms with Crippen molar-refractivity contribution in [2.75, 3.05) is 20.1 Å². The Kier molecular flexibility index (Phi) is 6.12. The number of hydrogen-bond acceptors (Lipinski definition) is 3. The van der Waals surface area contributed by atoms with Crippen LogP contribution in [0.4, 0.5) is 0 Å². The Morgan fingerprint density at radius 2 is 1.83 bits per heavy atom. The Labute approximate surface area is 108 Å². The first-order valence-electron chi connectivity index (χ1n) is 6.75. The molecule has 5 nitrogen and oxygen atoms in total. The van der Waals surface area contributed by atoms with Crippen LogP contribution in [-0.4, -0.2) is 37.1 Å². The van der Waals surface area contributed by atoms with E-state index in [9.17, 15) is 14.7 Å². The molecule has 5 heteroatoms. The summed E-state index contributed by atoms with van der Waals surface area (Å²) in [6, 6.07) is 0. The summed E-state index contributed by atoms with van der Waals surface area (Å²) in [6.45, 7) is 1.46. The molecule has 1 saturated carbocycles. The van der Waals surface area contributed by atoms with Crippen LogP contribution in [0, 0.1) is 5.41 Å². The Hall–Kier alpha value is -1.10. The van der Waals surface area contributed by atoms with Gasteiger partial charge < -0.3 is 15.7 Å². The van der Waals surface area contributed by atoms with Crippen LogP contribution in [0.3, 0.4) is 0 Å². The Morgan fingerprint density at radius 1 is 1.17 bits per heavy atom. The highest BCUT2D eigenvalue weighted by molar-refractivity contribution is 5.85. The fourth-order valence-electron chi connectivity index (χ4n) is 2.56. The molecule has 104 valence electrons. The van der Waals surface area contributed by atoms with Gasteiger partial charge in [-0.05, 0) is 32.9 Å². The SMILES string of the molecule is CNCCCNC(=O)CC1(C(=O)O)CCCCC1. The van der Waals surface area contributed by atoms with Crippen LogP contribution in [0.25, 0.3) is 0 Å². The second kappa shape index (κ2) is 7.36. The number of aliphatic carboxylic acids is 1. The fraction of sp³-hybridized carbons (Fsp3) is 0.846. The average Bonchev–Trinajstić information content (AvgIpc) is 2.35. The quantitative estimate of drug-likeness (QED) is 0.597. The lowest BCUT2D eigenvalue weighted by atomic mass is 9.71. The number of carboxylic acid groups (broad SMARTS) is 1. The van der Waals surface area contributed by atoms with E-state index >= 15 is 0 Å². The van der Waals surface area contributed by atoms with Crippen LogP contribution in [0.1, 0.15) is 44.9 Å². The number of amides is 1. The molecule has 1 fully saturated rings. The van der Waals surface area contributed by atoms with Crippen LogP contribution in [0.2, 0.25) is 0 Å².